The molecule has 4 aromatic rings. The fourth-order valence-corrected chi connectivity index (χ4v) is 4.79. The maximum atomic E-state index is 13.4. The summed E-state index contributed by atoms with van der Waals surface area (Å²) in [4.78, 5) is 23.8. The maximum Gasteiger partial charge on any atom is 0.261 e. The van der Waals surface area contributed by atoms with Gasteiger partial charge in [-0.15, -0.1) is 0 Å². The van der Waals surface area contributed by atoms with E-state index in [0.717, 1.165) is 22.1 Å². The van der Waals surface area contributed by atoms with Crippen LogP contribution in [-0.2, 0) is 6.54 Å². The fourth-order valence-electron chi connectivity index (χ4n) is 2.94. The van der Waals surface area contributed by atoms with E-state index in [4.69, 9.17) is 23.2 Å². The predicted molar refractivity (Wildman–Crippen MR) is 122 cm³/mol. The molecule has 2 aromatic heterocycles. The lowest BCUT2D eigenvalue weighted by atomic mass is 10.2. The average Bonchev–Trinajstić information content (AvgIpc) is 3.37. The van der Waals surface area contributed by atoms with E-state index in [1.807, 2.05) is 22.9 Å². The molecule has 29 heavy (non-hydrogen) atoms. The molecule has 0 aliphatic carbocycles. The van der Waals surface area contributed by atoms with E-state index in [1.165, 1.54) is 11.3 Å². The number of hydrogen-bond acceptors (Lipinski definition) is 4. The van der Waals surface area contributed by atoms with Gasteiger partial charge in [-0.1, -0.05) is 56.5 Å². The van der Waals surface area contributed by atoms with E-state index < -0.39 is 0 Å². The number of aromatic nitrogens is 3. The molecule has 0 radical (unpaired) electrons. The second kappa shape index (κ2) is 8.83. The van der Waals surface area contributed by atoms with Gasteiger partial charge in [0, 0.05) is 30.0 Å². The zero-order valence-electron chi connectivity index (χ0n) is 15.1. The third-order valence-electron chi connectivity index (χ3n) is 4.35. The first kappa shape index (κ1) is 20.3. The Hall–Kier alpha value is -1.93. The number of carbonyl (C=O) groups excluding carboxylic acids is 1. The largest absolute Gasteiger partial charge is 0.337 e. The fraction of sp³-hybridized carbons (Fsp3) is 0.150. The third kappa shape index (κ3) is 4.48. The van der Waals surface area contributed by atoms with Gasteiger partial charge in [-0.05, 0) is 36.8 Å². The highest BCUT2D eigenvalue weighted by Gasteiger charge is 2.23. The Bertz CT molecular complexity index is 1160. The second-order valence-corrected chi connectivity index (χ2v) is 9.06. The molecule has 2 heterocycles. The third-order valence-corrected chi connectivity index (χ3v) is 6.52. The van der Waals surface area contributed by atoms with Crippen molar-refractivity contribution in [2.45, 2.75) is 13.0 Å². The summed E-state index contributed by atoms with van der Waals surface area (Å²) < 4.78 is 3.69. The van der Waals surface area contributed by atoms with Gasteiger partial charge in [0.15, 0.2) is 5.13 Å². The number of rotatable bonds is 6. The van der Waals surface area contributed by atoms with Crippen molar-refractivity contribution in [1.82, 2.24) is 14.5 Å². The van der Waals surface area contributed by atoms with Gasteiger partial charge in [0.1, 0.15) is 5.52 Å². The summed E-state index contributed by atoms with van der Waals surface area (Å²) in [6.45, 7) is 1.22. The number of thiazole rings is 1. The molecular formula is C20H15BrCl2N4OS. The molecule has 1 amide bonds. The van der Waals surface area contributed by atoms with Crippen molar-refractivity contribution in [3.63, 3.8) is 0 Å². The molecule has 2 aromatic carbocycles. The van der Waals surface area contributed by atoms with Crippen molar-refractivity contribution in [3.05, 3.63) is 75.2 Å². The lowest BCUT2D eigenvalue weighted by Gasteiger charge is -2.21. The van der Waals surface area contributed by atoms with Crippen LogP contribution >= 0.6 is 50.5 Å². The van der Waals surface area contributed by atoms with Crippen molar-refractivity contribution in [2.24, 2.45) is 0 Å². The minimum atomic E-state index is -0.197. The molecule has 0 bridgehead atoms. The smallest absolute Gasteiger partial charge is 0.261 e. The summed E-state index contributed by atoms with van der Waals surface area (Å²) in [5.41, 5.74) is 1.12. The van der Waals surface area contributed by atoms with Gasteiger partial charge < -0.3 is 4.57 Å². The summed E-state index contributed by atoms with van der Waals surface area (Å²) in [6.07, 6.45) is 6.13. The summed E-state index contributed by atoms with van der Waals surface area (Å²) in [7, 11) is 0. The standard InChI is InChI=1S/C20H15BrCl2N4OS/c21-13-5-6-15(22)14(11-13)19(28)27(9-2-8-26-10-7-24-12-26)20-25-18-16(23)3-1-4-17(18)29-20/h1,3-7,10-12H,2,8-9H2. The van der Waals surface area contributed by atoms with Crippen molar-refractivity contribution in [2.75, 3.05) is 11.4 Å². The number of aryl methyl sites for hydroxylation is 1. The summed E-state index contributed by atoms with van der Waals surface area (Å²) in [5.74, 6) is -0.197. The monoisotopic (exact) mass is 508 g/mol. The molecule has 0 unspecified atom stereocenters. The summed E-state index contributed by atoms with van der Waals surface area (Å²) in [5, 5.41) is 1.56. The minimum absolute atomic E-state index is 0.197. The molecular weight excluding hydrogens is 495 g/mol. The van der Waals surface area contributed by atoms with Gasteiger partial charge >= 0.3 is 0 Å². The molecule has 0 aliphatic heterocycles. The maximum absolute atomic E-state index is 13.4. The van der Waals surface area contributed by atoms with Gasteiger partial charge in [-0.3, -0.25) is 9.69 Å². The number of amides is 1. The summed E-state index contributed by atoms with van der Waals surface area (Å²) in [6, 6.07) is 10.9. The molecule has 0 fully saturated rings. The van der Waals surface area contributed by atoms with Crippen LogP contribution in [0, 0.1) is 0 Å². The molecule has 0 saturated carbocycles. The number of halogens is 3. The number of fused-ring (bicyclic) bond motifs is 1. The molecule has 0 aliphatic rings. The Kier molecular flexibility index (Phi) is 6.20. The zero-order chi connectivity index (χ0) is 20.4. The van der Waals surface area contributed by atoms with Crippen molar-refractivity contribution >= 4 is 71.7 Å². The van der Waals surface area contributed by atoms with Crippen LogP contribution in [-0.4, -0.2) is 27.0 Å². The van der Waals surface area contributed by atoms with E-state index in [-0.39, 0.29) is 5.91 Å². The highest BCUT2D eigenvalue weighted by Crippen LogP contribution is 2.34. The molecule has 148 valence electrons. The molecule has 4 rings (SSSR count). The summed E-state index contributed by atoms with van der Waals surface area (Å²) >= 11 is 17.5. The number of para-hydroxylation sites is 1. The first-order valence-corrected chi connectivity index (χ1v) is 11.2. The average molecular weight is 510 g/mol. The van der Waals surface area contributed by atoms with E-state index in [0.29, 0.717) is 32.8 Å². The first-order chi connectivity index (χ1) is 14.0. The zero-order valence-corrected chi connectivity index (χ0v) is 19.0. The van der Waals surface area contributed by atoms with Gasteiger partial charge in [0.2, 0.25) is 0 Å². The second-order valence-electron chi connectivity index (χ2n) is 6.32. The van der Waals surface area contributed by atoms with Crippen molar-refractivity contribution in [3.8, 4) is 0 Å². The predicted octanol–water partition coefficient (Wildman–Crippen LogP) is 6.30. The highest BCUT2D eigenvalue weighted by molar-refractivity contribution is 9.10. The van der Waals surface area contributed by atoms with E-state index in [2.05, 4.69) is 25.9 Å². The van der Waals surface area contributed by atoms with Crippen LogP contribution in [0.4, 0.5) is 5.13 Å². The van der Waals surface area contributed by atoms with E-state index >= 15 is 0 Å². The van der Waals surface area contributed by atoms with Crippen LogP contribution < -0.4 is 4.90 Å². The van der Waals surface area contributed by atoms with Gasteiger partial charge in [-0.25, -0.2) is 9.97 Å². The number of hydrogen-bond donors (Lipinski definition) is 0. The van der Waals surface area contributed by atoms with Crippen LogP contribution in [0.5, 0.6) is 0 Å². The van der Waals surface area contributed by atoms with Gasteiger partial charge in [-0.2, -0.15) is 0 Å². The van der Waals surface area contributed by atoms with Crippen LogP contribution in [0.15, 0.2) is 59.6 Å². The highest BCUT2D eigenvalue weighted by atomic mass is 79.9. The van der Waals surface area contributed by atoms with Crippen molar-refractivity contribution in [1.29, 1.82) is 0 Å². The Morgan fingerprint density at radius 3 is 2.83 bits per heavy atom. The lowest BCUT2D eigenvalue weighted by Crippen LogP contribution is -2.32. The number of benzene rings is 2. The number of imidazole rings is 1. The van der Waals surface area contributed by atoms with Crippen LogP contribution in [0.1, 0.15) is 16.8 Å². The van der Waals surface area contributed by atoms with Crippen LogP contribution in [0.25, 0.3) is 10.2 Å². The quantitative estimate of drug-likeness (QED) is 0.306. The molecule has 5 nitrogen and oxygen atoms in total. The van der Waals surface area contributed by atoms with Gasteiger partial charge in [0.25, 0.3) is 5.91 Å². The van der Waals surface area contributed by atoms with E-state index in [1.54, 1.807) is 41.7 Å². The number of carbonyl (C=O) groups is 1. The Labute approximate surface area is 190 Å². The molecule has 0 saturated heterocycles. The molecule has 0 N–H and O–H groups in total. The van der Waals surface area contributed by atoms with Crippen LogP contribution in [0.3, 0.4) is 0 Å². The number of nitrogens with zero attached hydrogens (tertiary/aromatic N) is 4. The SMILES string of the molecule is O=C(c1cc(Br)ccc1Cl)N(CCCn1ccnc1)c1nc2c(Cl)cccc2s1. The molecule has 0 spiro atoms. The Balaban J connectivity index is 1.68. The molecule has 0 atom stereocenters. The minimum Gasteiger partial charge on any atom is -0.337 e. The Morgan fingerprint density at radius 2 is 2.07 bits per heavy atom. The molecule has 9 heteroatoms. The first-order valence-electron chi connectivity index (χ1n) is 8.80. The van der Waals surface area contributed by atoms with Gasteiger partial charge in [0.05, 0.1) is 26.6 Å². The Morgan fingerprint density at radius 1 is 1.21 bits per heavy atom. The van der Waals surface area contributed by atoms with Crippen LogP contribution in [0.2, 0.25) is 10.0 Å². The lowest BCUT2D eigenvalue weighted by molar-refractivity contribution is 0.0986. The van der Waals surface area contributed by atoms with E-state index in [9.17, 15) is 4.79 Å². The number of anilines is 1. The topological polar surface area (TPSA) is 51.0 Å². The normalized spacial score (nSPS) is 11.1. The van der Waals surface area contributed by atoms with Crippen molar-refractivity contribution < 1.29 is 4.79 Å².